The molecule has 3 aromatic rings. The van der Waals surface area contributed by atoms with Gasteiger partial charge in [0.15, 0.2) is 5.76 Å². The molecule has 0 aliphatic carbocycles. The highest BCUT2D eigenvalue weighted by molar-refractivity contribution is 6.03. The molecule has 1 amide bonds. The molecule has 8 nitrogen and oxygen atoms in total. The molecule has 2 aromatic heterocycles. The van der Waals surface area contributed by atoms with Gasteiger partial charge in [-0.25, -0.2) is 0 Å². The topological polar surface area (TPSA) is 103 Å². The normalized spacial score (nSPS) is 10.6. The Balaban J connectivity index is 1.75. The molecule has 0 bridgehead atoms. The van der Waals surface area contributed by atoms with E-state index in [1.165, 1.54) is 24.3 Å². The van der Waals surface area contributed by atoms with E-state index in [0.29, 0.717) is 12.3 Å². The van der Waals surface area contributed by atoms with Gasteiger partial charge in [0, 0.05) is 11.8 Å². The molecule has 25 heavy (non-hydrogen) atoms. The summed E-state index contributed by atoms with van der Waals surface area (Å²) in [4.78, 5) is 22.7. The Morgan fingerprint density at radius 2 is 2.04 bits per heavy atom. The molecule has 0 atom stereocenters. The number of rotatable bonds is 5. The quantitative estimate of drug-likeness (QED) is 0.567. The molecular weight excluding hydrogens is 324 g/mol. The Morgan fingerprint density at radius 3 is 2.72 bits per heavy atom. The summed E-state index contributed by atoms with van der Waals surface area (Å²) in [6.45, 7) is 4.24. The molecular formula is C17H16N4O4. The number of para-hydroxylation sites is 2. The first kappa shape index (κ1) is 16.4. The second-order valence-corrected chi connectivity index (χ2v) is 5.58. The summed E-state index contributed by atoms with van der Waals surface area (Å²) in [7, 11) is 0. The number of carbonyl (C=O) groups is 1. The maximum absolute atomic E-state index is 12.3. The predicted octanol–water partition coefficient (Wildman–Crippen LogP) is 3.30. The first-order valence-corrected chi connectivity index (χ1v) is 7.58. The lowest BCUT2D eigenvalue weighted by molar-refractivity contribution is -0.383. The molecule has 0 unspecified atom stereocenters. The summed E-state index contributed by atoms with van der Waals surface area (Å²) < 4.78 is 7.32. The number of furan rings is 1. The Labute approximate surface area is 143 Å². The molecule has 1 aromatic carbocycles. The fraction of sp³-hybridized carbons (Fsp3) is 0.176. The van der Waals surface area contributed by atoms with Gasteiger partial charge < -0.3 is 9.73 Å². The lowest BCUT2D eigenvalue weighted by Gasteiger charge is -2.04. The van der Waals surface area contributed by atoms with E-state index in [-0.39, 0.29) is 17.1 Å². The first-order valence-electron chi connectivity index (χ1n) is 7.58. The number of amides is 1. The lowest BCUT2D eigenvalue weighted by atomic mass is 10.2. The fourth-order valence-electron chi connectivity index (χ4n) is 2.49. The van der Waals surface area contributed by atoms with Gasteiger partial charge in [-0.1, -0.05) is 12.1 Å². The van der Waals surface area contributed by atoms with E-state index < -0.39 is 10.8 Å². The standard InChI is InChI=1S/C17H16N4O4/c1-11-9-12(2)20(19-11)10-13-7-8-16(25-13)17(22)18-14-5-3-4-6-15(14)21(23)24/h3-9H,10H2,1-2H3,(H,18,22). The number of hydrogen-bond acceptors (Lipinski definition) is 5. The summed E-state index contributed by atoms with van der Waals surface area (Å²) in [6.07, 6.45) is 0. The third-order valence-electron chi connectivity index (χ3n) is 3.64. The summed E-state index contributed by atoms with van der Waals surface area (Å²) >= 11 is 0. The largest absolute Gasteiger partial charge is 0.454 e. The zero-order valence-electron chi connectivity index (χ0n) is 13.7. The van der Waals surface area contributed by atoms with Gasteiger partial charge in [-0.3, -0.25) is 19.6 Å². The molecule has 0 radical (unpaired) electrons. The summed E-state index contributed by atoms with van der Waals surface area (Å²) in [5, 5.41) is 17.8. The van der Waals surface area contributed by atoms with Crippen LogP contribution in [0.15, 0.2) is 46.9 Å². The molecule has 0 aliphatic rings. The van der Waals surface area contributed by atoms with Crippen LogP contribution in [0.25, 0.3) is 0 Å². The number of nitrogens with zero attached hydrogens (tertiary/aromatic N) is 3. The van der Waals surface area contributed by atoms with Gasteiger partial charge in [0.25, 0.3) is 11.6 Å². The van der Waals surface area contributed by atoms with Crippen molar-refractivity contribution in [2.45, 2.75) is 20.4 Å². The molecule has 0 spiro atoms. The summed E-state index contributed by atoms with van der Waals surface area (Å²) in [6, 6.07) is 11.1. The fourth-order valence-corrected chi connectivity index (χ4v) is 2.49. The zero-order valence-corrected chi connectivity index (χ0v) is 13.7. The van der Waals surface area contributed by atoms with E-state index in [1.807, 2.05) is 19.9 Å². The summed E-state index contributed by atoms with van der Waals surface area (Å²) in [5.74, 6) is 0.0995. The number of benzene rings is 1. The van der Waals surface area contributed by atoms with Crippen molar-refractivity contribution in [2.24, 2.45) is 0 Å². The zero-order chi connectivity index (χ0) is 18.0. The van der Waals surface area contributed by atoms with E-state index in [2.05, 4.69) is 10.4 Å². The monoisotopic (exact) mass is 340 g/mol. The van der Waals surface area contributed by atoms with E-state index in [4.69, 9.17) is 4.42 Å². The van der Waals surface area contributed by atoms with Crippen LogP contribution >= 0.6 is 0 Å². The molecule has 8 heteroatoms. The Morgan fingerprint density at radius 1 is 1.28 bits per heavy atom. The van der Waals surface area contributed by atoms with Crippen LogP contribution in [0.3, 0.4) is 0 Å². The van der Waals surface area contributed by atoms with Gasteiger partial charge in [0.2, 0.25) is 0 Å². The van der Waals surface area contributed by atoms with Crippen LogP contribution in [0.5, 0.6) is 0 Å². The van der Waals surface area contributed by atoms with Crippen LogP contribution in [-0.2, 0) is 6.54 Å². The number of nitro groups is 1. The third-order valence-corrected chi connectivity index (χ3v) is 3.64. The molecule has 0 saturated heterocycles. The maximum Gasteiger partial charge on any atom is 0.292 e. The van der Waals surface area contributed by atoms with Crippen LogP contribution < -0.4 is 5.32 Å². The smallest absolute Gasteiger partial charge is 0.292 e. The second kappa shape index (κ2) is 6.60. The van der Waals surface area contributed by atoms with Gasteiger partial charge >= 0.3 is 0 Å². The number of carbonyl (C=O) groups excluding carboxylic acids is 1. The van der Waals surface area contributed by atoms with Crippen molar-refractivity contribution in [3.63, 3.8) is 0 Å². The van der Waals surface area contributed by atoms with Crippen molar-refractivity contribution in [3.8, 4) is 0 Å². The van der Waals surface area contributed by atoms with E-state index in [1.54, 1.807) is 16.8 Å². The first-order chi connectivity index (χ1) is 11.9. The van der Waals surface area contributed by atoms with Crippen molar-refractivity contribution in [3.05, 3.63) is 75.5 Å². The van der Waals surface area contributed by atoms with Crippen molar-refractivity contribution in [2.75, 3.05) is 5.32 Å². The molecule has 1 N–H and O–H groups in total. The molecule has 3 rings (SSSR count). The number of aryl methyl sites for hydroxylation is 2. The number of hydrogen-bond donors (Lipinski definition) is 1. The Bertz CT molecular complexity index is 942. The molecule has 0 aliphatic heterocycles. The second-order valence-electron chi connectivity index (χ2n) is 5.58. The third kappa shape index (κ3) is 3.57. The minimum Gasteiger partial charge on any atom is -0.454 e. The van der Waals surface area contributed by atoms with Crippen LogP contribution in [0.1, 0.15) is 27.7 Å². The highest BCUT2D eigenvalue weighted by Crippen LogP contribution is 2.24. The molecule has 0 saturated carbocycles. The van der Waals surface area contributed by atoms with Gasteiger partial charge in [0.05, 0.1) is 17.2 Å². The molecule has 0 fully saturated rings. The number of aromatic nitrogens is 2. The highest BCUT2D eigenvalue weighted by Gasteiger charge is 2.18. The van der Waals surface area contributed by atoms with Crippen LogP contribution in [0, 0.1) is 24.0 Å². The lowest BCUT2D eigenvalue weighted by Crippen LogP contribution is -2.12. The van der Waals surface area contributed by atoms with Crippen LogP contribution in [-0.4, -0.2) is 20.6 Å². The van der Waals surface area contributed by atoms with Gasteiger partial charge in [0.1, 0.15) is 11.4 Å². The van der Waals surface area contributed by atoms with Crippen molar-refractivity contribution in [1.82, 2.24) is 9.78 Å². The van der Waals surface area contributed by atoms with Crippen molar-refractivity contribution in [1.29, 1.82) is 0 Å². The summed E-state index contributed by atoms with van der Waals surface area (Å²) in [5.41, 5.74) is 1.83. The van der Waals surface area contributed by atoms with Gasteiger partial charge in [-0.05, 0) is 38.1 Å². The number of anilines is 1. The highest BCUT2D eigenvalue weighted by atomic mass is 16.6. The maximum atomic E-state index is 12.3. The average molecular weight is 340 g/mol. The van der Waals surface area contributed by atoms with E-state index >= 15 is 0 Å². The average Bonchev–Trinajstić information content (AvgIpc) is 3.15. The number of nitro benzene ring substituents is 1. The number of nitrogens with one attached hydrogen (secondary N) is 1. The predicted molar refractivity (Wildman–Crippen MR) is 90.6 cm³/mol. The molecule has 128 valence electrons. The van der Waals surface area contributed by atoms with Crippen LogP contribution in [0.2, 0.25) is 0 Å². The SMILES string of the molecule is Cc1cc(C)n(Cc2ccc(C(=O)Nc3ccccc3[N+](=O)[O-])o2)n1. The molecule has 2 heterocycles. The van der Waals surface area contributed by atoms with Gasteiger partial charge in [-0.2, -0.15) is 5.10 Å². The minimum atomic E-state index is -0.550. The van der Waals surface area contributed by atoms with Crippen LogP contribution in [0.4, 0.5) is 11.4 Å². The Kier molecular flexibility index (Phi) is 4.34. The van der Waals surface area contributed by atoms with E-state index in [9.17, 15) is 14.9 Å². The van der Waals surface area contributed by atoms with Gasteiger partial charge in [-0.15, -0.1) is 0 Å². The Hall–Kier alpha value is -3.42. The minimum absolute atomic E-state index is 0.0784. The van der Waals surface area contributed by atoms with Crippen molar-refractivity contribution >= 4 is 17.3 Å². The van der Waals surface area contributed by atoms with Crippen molar-refractivity contribution < 1.29 is 14.1 Å². The van der Waals surface area contributed by atoms with E-state index in [0.717, 1.165) is 11.4 Å².